The van der Waals surface area contributed by atoms with Crippen molar-refractivity contribution in [1.29, 1.82) is 0 Å². The van der Waals surface area contributed by atoms with Gasteiger partial charge >= 0.3 is 48.3 Å². The van der Waals surface area contributed by atoms with Gasteiger partial charge in [0, 0.05) is 0 Å². The van der Waals surface area contributed by atoms with Crippen LogP contribution in [0, 0.1) is 0 Å². The Bertz CT molecular complexity index is 54.9. The summed E-state index contributed by atoms with van der Waals surface area (Å²) < 4.78 is 3.07. The van der Waals surface area contributed by atoms with Gasteiger partial charge in [-0.15, -0.1) is 0 Å². The van der Waals surface area contributed by atoms with E-state index in [9.17, 15) is 0 Å². The molecule has 1 aliphatic heterocycles. The summed E-state index contributed by atoms with van der Waals surface area (Å²) in [7, 11) is 0. The zero-order chi connectivity index (χ0) is 5.11. The van der Waals surface area contributed by atoms with Crippen molar-refractivity contribution in [3.63, 3.8) is 0 Å². The van der Waals surface area contributed by atoms with Crippen molar-refractivity contribution in [2.45, 2.75) is 5.32 Å². The molecular formula is C3H8N2OSe. The molecular weight excluding hydrogens is 159 g/mol. The van der Waals surface area contributed by atoms with Crippen LogP contribution in [0.2, 0.25) is 5.32 Å². The Balaban J connectivity index is 2.12. The SMILES string of the molecule is ON1CC[Se]NC1. The Labute approximate surface area is 49.0 Å². The summed E-state index contributed by atoms with van der Waals surface area (Å²) in [5.41, 5.74) is 0. The van der Waals surface area contributed by atoms with Gasteiger partial charge in [-0.05, 0) is 0 Å². The Kier molecular flexibility index (Phi) is 2.09. The van der Waals surface area contributed by atoms with Crippen LogP contribution in [-0.4, -0.2) is 38.7 Å². The van der Waals surface area contributed by atoms with Gasteiger partial charge in [-0.25, -0.2) is 0 Å². The van der Waals surface area contributed by atoms with Gasteiger partial charge in [-0.3, -0.25) is 0 Å². The summed E-state index contributed by atoms with van der Waals surface area (Å²) in [5, 5.41) is 11.1. The third-order valence-corrected chi connectivity index (χ3v) is 2.31. The van der Waals surface area contributed by atoms with Crippen LogP contribution < -0.4 is 4.33 Å². The molecule has 1 rings (SSSR count). The molecule has 0 aromatic heterocycles. The minimum atomic E-state index is 0.583. The first-order valence-electron chi connectivity index (χ1n) is 2.18. The van der Waals surface area contributed by atoms with Crippen LogP contribution in [0.5, 0.6) is 0 Å². The molecule has 1 aliphatic rings. The number of hydroxylamine groups is 2. The van der Waals surface area contributed by atoms with Gasteiger partial charge in [0.25, 0.3) is 0 Å². The molecule has 0 atom stereocenters. The third kappa shape index (κ3) is 1.76. The van der Waals surface area contributed by atoms with Crippen molar-refractivity contribution in [2.75, 3.05) is 13.2 Å². The molecule has 1 fully saturated rings. The molecule has 42 valence electrons. The second-order valence-electron chi connectivity index (χ2n) is 1.38. The van der Waals surface area contributed by atoms with Gasteiger partial charge in [0.2, 0.25) is 0 Å². The van der Waals surface area contributed by atoms with Crippen molar-refractivity contribution in [3.05, 3.63) is 0 Å². The summed E-state index contributed by atoms with van der Waals surface area (Å²) in [5.74, 6) is 0. The zero-order valence-corrected chi connectivity index (χ0v) is 5.64. The first-order valence-corrected chi connectivity index (χ1v) is 4.25. The van der Waals surface area contributed by atoms with Crippen molar-refractivity contribution in [3.8, 4) is 0 Å². The fourth-order valence-electron chi connectivity index (χ4n) is 0.422. The molecule has 0 spiro atoms. The predicted molar refractivity (Wildman–Crippen MR) is 27.1 cm³/mol. The van der Waals surface area contributed by atoms with E-state index in [0.717, 1.165) is 11.9 Å². The molecule has 0 aromatic rings. The fourth-order valence-corrected chi connectivity index (χ4v) is 1.86. The van der Waals surface area contributed by atoms with E-state index >= 15 is 0 Å². The quantitative estimate of drug-likeness (QED) is 0.467. The van der Waals surface area contributed by atoms with Crippen LogP contribution in [0.15, 0.2) is 0 Å². The maximum atomic E-state index is 8.69. The molecule has 2 N–H and O–H groups in total. The summed E-state index contributed by atoms with van der Waals surface area (Å²) in [6.07, 6.45) is 0. The average molecular weight is 167 g/mol. The fraction of sp³-hybridized carbons (Fsp3) is 1.00. The van der Waals surface area contributed by atoms with E-state index in [1.54, 1.807) is 0 Å². The Morgan fingerprint density at radius 2 is 2.57 bits per heavy atom. The molecule has 7 heavy (non-hydrogen) atoms. The van der Waals surface area contributed by atoms with Gasteiger partial charge in [0.15, 0.2) is 0 Å². The van der Waals surface area contributed by atoms with E-state index < -0.39 is 0 Å². The van der Waals surface area contributed by atoms with Crippen molar-refractivity contribution in [2.24, 2.45) is 0 Å². The van der Waals surface area contributed by atoms with Gasteiger partial charge in [-0.1, -0.05) is 0 Å². The molecule has 0 aromatic carbocycles. The van der Waals surface area contributed by atoms with E-state index in [2.05, 4.69) is 4.33 Å². The van der Waals surface area contributed by atoms with Crippen molar-refractivity contribution >= 4 is 15.2 Å². The molecule has 0 bridgehead atoms. The topological polar surface area (TPSA) is 35.5 Å². The summed E-state index contributed by atoms with van der Waals surface area (Å²) in [6, 6.07) is 0. The molecule has 1 heterocycles. The van der Waals surface area contributed by atoms with Crippen molar-refractivity contribution in [1.82, 2.24) is 9.40 Å². The number of hydrogen-bond acceptors (Lipinski definition) is 3. The molecule has 0 saturated carbocycles. The summed E-state index contributed by atoms with van der Waals surface area (Å²) in [6.45, 7) is 1.49. The van der Waals surface area contributed by atoms with Crippen LogP contribution in [0.4, 0.5) is 0 Å². The van der Waals surface area contributed by atoms with Crippen molar-refractivity contribution < 1.29 is 5.21 Å². The zero-order valence-electron chi connectivity index (χ0n) is 3.92. The van der Waals surface area contributed by atoms with Gasteiger partial charge in [0.1, 0.15) is 0 Å². The molecule has 4 heteroatoms. The van der Waals surface area contributed by atoms with Crippen LogP contribution in [-0.2, 0) is 0 Å². The van der Waals surface area contributed by atoms with E-state index in [1.165, 1.54) is 5.06 Å². The Hall–Kier alpha value is 0.399. The van der Waals surface area contributed by atoms with Crippen LogP contribution in [0.1, 0.15) is 0 Å². The normalized spacial score (nSPS) is 25.3. The Morgan fingerprint density at radius 3 is 2.86 bits per heavy atom. The third-order valence-electron chi connectivity index (χ3n) is 0.801. The van der Waals surface area contributed by atoms with Gasteiger partial charge in [-0.2, -0.15) is 0 Å². The number of nitrogens with one attached hydrogen (secondary N) is 1. The average Bonchev–Trinajstić information content (AvgIpc) is 1.69. The van der Waals surface area contributed by atoms with E-state index in [1.807, 2.05) is 0 Å². The number of nitrogens with zero attached hydrogens (tertiary/aromatic N) is 1. The van der Waals surface area contributed by atoms with E-state index in [0.29, 0.717) is 21.8 Å². The predicted octanol–water partition coefficient (Wildman–Crippen LogP) is -0.724. The second-order valence-corrected chi connectivity index (χ2v) is 3.45. The number of hydrogen-bond donors (Lipinski definition) is 2. The molecule has 1 saturated heterocycles. The molecule has 0 radical (unpaired) electrons. The monoisotopic (exact) mass is 168 g/mol. The van der Waals surface area contributed by atoms with Crippen LogP contribution in [0.3, 0.4) is 0 Å². The Morgan fingerprint density at radius 1 is 1.71 bits per heavy atom. The standard InChI is InChI=1S/C3H8N2OSe/c6-5-1-2-7-4-3-5/h4,6H,1-3H2. The minimum absolute atomic E-state index is 0.583. The maximum absolute atomic E-state index is 8.69. The molecule has 3 nitrogen and oxygen atoms in total. The van der Waals surface area contributed by atoms with E-state index in [-0.39, 0.29) is 0 Å². The van der Waals surface area contributed by atoms with Crippen LogP contribution in [0.25, 0.3) is 0 Å². The molecule has 0 aliphatic carbocycles. The summed E-state index contributed by atoms with van der Waals surface area (Å²) >= 11 is 0.583. The molecule has 0 unspecified atom stereocenters. The van der Waals surface area contributed by atoms with Crippen LogP contribution >= 0.6 is 0 Å². The number of rotatable bonds is 0. The molecule has 0 amide bonds. The second kappa shape index (κ2) is 2.64. The van der Waals surface area contributed by atoms with Gasteiger partial charge in [0.05, 0.1) is 0 Å². The summed E-state index contributed by atoms with van der Waals surface area (Å²) in [4.78, 5) is 0. The van der Waals surface area contributed by atoms with E-state index in [4.69, 9.17) is 5.21 Å². The first kappa shape index (κ1) is 5.53. The first-order chi connectivity index (χ1) is 3.39. The van der Waals surface area contributed by atoms with Gasteiger partial charge < -0.3 is 0 Å².